The highest BCUT2D eigenvalue weighted by molar-refractivity contribution is 5.66. The number of carboxylic acid groups (broad SMARTS) is 1. The summed E-state index contributed by atoms with van der Waals surface area (Å²) in [5.41, 5.74) is 2.06. The number of aliphatic carboxylic acids is 1. The van der Waals surface area contributed by atoms with Crippen LogP contribution in [-0.2, 0) is 17.6 Å². The van der Waals surface area contributed by atoms with Crippen molar-refractivity contribution in [3.8, 4) is 0 Å². The summed E-state index contributed by atoms with van der Waals surface area (Å²) in [5.74, 6) is 0.0841. The third-order valence-electron chi connectivity index (χ3n) is 2.50. The molecule has 0 amide bonds. The van der Waals surface area contributed by atoms with Crippen molar-refractivity contribution in [3.05, 3.63) is 53.6 Å². The predicted octanol–water partition coefficient (Wildman–Crippen LogP) is 2.02. The monoisotopic (exact) mass is 230 g/mol. The summed E-state index contributed by atoms with van der Waals surface area (Å²) < 4.78 is 0. The molecule has 4 nitrogen and oxygen atoms in total. The van der Waals surface area contributed by atoms with Gasteiger partial charge >= 0.3 is 5.97 Å². The molecule has 2 N–H and O–H groups in total. The van der Waals surface area contributed by atoms with Gasteiger partial charge in [0.1, 0.15) is 5.82 Å². The third-order valence-corrected chi connectivity index (χ3v) is 2.50. The second kappa shape index (κ2) is 5.30. The van der Waals surface area contributed by atoms with Crippen LogP contribution in [0, 0.1) is 0 Å². The summed E-state index contributed by atoms with van der Waals surface area (Å²) in [6, 6.07) is 10.0. The van der Waals surface area contributed by atoms with Gasteiger partial charge in [-0.3, -0.25) is 4.79 Å². The molecule has 88 valence electrons. The molecular formula is C13H14N2O2. The molecule has 0 saturated carbocycles. The van der Waals surface area contributed by atoms with E-state index in [-0.39, 0.29) is 6.42 Å². The van der Waals surface area contributed by atoms with Gasteiger partial charge in [0, 0.05) is 18.3 Å². The number of aromatic nitrogens is 2. The van der Waals surface area contributed by atoms with Gasteiger partial charge in [-0.1, -0.05) is 30.3 Å². The van der Waals surface area contributed by atoms with E-state index in [9.17, 15) is 4.79 Å². The maximum absolute atomic E-state index is 10.4. The SMILES string of the molecule is O=C(O)CCc1cnc(Cc2ccccc2)[nH]1. The van der Waals surface area contributed by atoms with Gasteiger partial charge in [-0.2, -0.15) is 0 Å². The molecule has 1 aromatic carbocycles. The van der Waals surface area contributed by atoms with Gasteiger partial charge in [-0.15, -0.1) is 0 Å². The number of aromatic amines is 1. The first kappa shape index (κ1) is 11.4. The number of aryl methyl sites for hydroxylation is 1. The molecule has 1 heterocycles. The van der Waals surface area contributed by atoms with Crippen LogP contribution in [-0.4, -0.2) is 21.0 Å². The van der Waals surface area contributed by atoms with Crippen LogP contribution in [0.1, 0.15) is 23.5 Å². The normalized spacial score (nSPS) is 10.4. The van der Waals surface area contributed by atoms with Crippen LogP contribution >= 0.6 is 0 Å². The summed E-state index contributed by atoms with van der Waals surface area (Å²) in [5, 5.41) is 8.58. The van der Waals surface area contributed by atoms with E-state index >= 15 is 0 Å². The van der Waals surface area contributed by atoms with E-state index in [4.69, 9.17) is 5.11 Å². The van der Waals surface area contributed by atoms with E-state index in [0.717, 1.165) is 17.9 Å². The quantitative estimate of drug-likeness (QED) is 0.825. The highest BCUT2D eigenvalue weighted by atomic mass is 16.4. The third kappa shape index (κ3) is 3.45. The van der Waals surface area contributed by atoms with Gasteiger partial charge in [0.2, 0.25) is 0 Å². The first-order valence-corrected chi connectivity index (χ1v) is 5.52. The van der Waals surface area contributed by atoms with Crippen LogP contribution in [0.5, 0.6) is 0 Å². The second-order valence-corrected chi connectivity index (χ2v) is 3.91. The molecule has 0 radical (unpaired) electrons. The van der Waals surface area contributed by atoms with Crippen LogP contribution in [0.15, 0.2) is 36.5 Å². The smallest absolute Gasteiger partial charge is 0.303 e. The molecule has 0 aliphatic heterocycles. The largest absolute Gasteiger partial charge is 0.481 e. The number of benzene rings is 1. The van der Waals surface area contributed by atoms with Crippen molar-refractivity contribution in [1.82, 2.24) is 9.97 Å². The van der Waals surface area contributed by atoms with Crippen LogP contribution < -0.4 is 0 Å². The van der Waals surface area contributed by atoms with Crippen molar-refractivity contribution in [1.29, 1.82) is 0 Å². The molecule has 2 aromatic rings. The second-order valence-electron chi connectivity index (χ2n) is 3.91. The Morgan fingerprint density at radius 1 is 1.29 bits per heavy atom. The number of carbonyl (C=O) groups is 1. The fraction of sp³-hybridized carbons (Fsp3) is 0.231. The highest BCUT2D eigenvalue weighted by Crippen LogP contribution is 2.07. The van der Waals surface area contributed by atoms with E-state index in [0.29, 0.717) is 6.42 Å². The summed E-state index contributed by atoms with van der Waals surface area (Å²) in [6.45, 7) is 0. The molecule has 0 aliphatic carbocycles. The molecule has 0 bridgehead atoms. The van der Waals surface area contributed by atoms with E-state index < -0.39 is 5.97 Å². The van der Waals surface area contributed by atoms with Crippen LogP contribution in [0.25, 0.3) is 0 Å². The lowest BCUT2D eigenvalue weighted by molar-refractivity contribution is -0.136. The number of imidazole rings is 1. The lowest BCUT2D eigenvalue weighted by Crippen LogP contribution is -1.98. The Morgan fingerprint density at radius 3 is 2.76 bits per heavy atom. The van der Waals surface area contributed by atoms with Crippen molar-refractivity contribution in [2.45, 2.75) is 19.3 Å². The molecule has 0 atom stereocenters. The molecule has 0 spiro atoms. The van der Waals surface area contributed by atoms with Crippen LogP contribution in [0.3, 0.4) is 0 Å². The molecule has 0 saturated heterocycles. The summed E-state index contributed by atoms with van der Waals surface area (Å²) in [7, 11) is 0. The average molecular weight is 230 g/mol. The zero-order valence-corrected chi connectivity index (χ0v) is 9.39. The van der Waals surface area contributed by atoms with E-state index in [1.54, 1.807) is 6.20 Å². The number of hydrogen-bond acceptors (Lipinski definition) is 2. The van der Waals surface area contributed by atoms with Crippen LogP contribution in [0.2, 0.25) is 0 Å². The molecule has 2 rings (SSSR count). The van der Waals surface area contributed by atoms with Crippen molar-refractivity contribution in [2.75, 3.05) is 0 Å². The molecule has 4 heteroatoms. The van der Waals surface area contributed by atoms with Crippen molar-refractivity contribution < 1.29 is 9.90 Å². The molecular weight excluding hydrogens is 216 g/mol. The van der Waals surface area contributed by atoms with Gasteiger partial charge in [0.05, 0.1) is 6.42 Å². The number of carboxylic acids is 1. The van der Waals surface area contributed by atoms with Gasteiger partial charge in [0.15, 0.2) is 0 Å². The fourth-order valence-corrected chi connectivity index (χ4v) is 1.65. The average Bonchev–Trinajstić information content (AvgIpc) is 2.75. The van der Waals surface area contributed by atoms with Gasteiger partial charge in [-0.25, -0.2) is 4.98 Å². The van der Waals surface area contributed by atoms with Crippen molar-refractivity contribution >= 4 is 5.97 Å². The molecule has 0 aliphatic rings. The van der Waals surface area contributed by atoms with Gasteiger partial charge in [-0.05, 0) is 12.0 Å². The van der Waals surface area contributed by atoms with Crippen LogP contribution in [0.4, 0.5) is 0 Å². The number of nitrogens with one attached hydrogen (secondary N) is 1. The van der Waals surface area contributed by atoms with Crippen molar-refractivity contribution in [3.63, 3.8) is 0 Å². The minimum absolute atomic E-state index is 0.132. The van der Waals surface area contributed by atoms with E-state index in [1.807, 2.05) is 30.3 Å². The Balaban J connectivity index is 1.97. The topological polar surface area (TPSA) is 66.0 Å². The Labute approximate surface area is 99.3 Å². The zero-order valence-electron chi connectivity index (χ0n) is 9.39. The maximum Gasteiger partial charge on any atom is 0.303 e. The number of hydrogen-bond donors (Lipinski definition) is 2. The number of rotatable bonds is 5. The first-order valence-electron chi connectivity index (χ1n) is 5.52. The highest BCUT2D eigenvalue weighted by Gasteiger charge is 2.04. The number of H-pyrrole nitrogens is 1. The molecule has 1 aromatic heterocycles. The molecule has 17 heavy (non-hydrogen) atoms. The maximum atomic E-state index is 10.4. The summed E-state index contributed by atoms with van der Waals surface area (Å²) in [6.07, 6.45) is 3.08. The van der Waals surface area contributed by atoms with Gasteiger partial charge in [0.25, 0.3) is 0 Å². The lowest BCUT2D eigenvalue weighted by Gasteiger charge is -1.97. The summed E-state index contributed by atoms with van der Waals surface area (Å²) >= 11 is 0. The molecule has 0 fully saturated rings. The predicted molar refractivity (Wildman–Crippen MR) is 63.8 cm³/mol. The van der Waals surface area contributed by atoms with E-state index in [2.05, 4.69) is 9.97 Å². The lowest BCUT2D eigenvalue weighted by atomic mass is 10.1. The Hall–Kier alpha value is -2.10. The molecule has 0 unspecified atom stereocenters. The standard InChI is InChI=1S/C13H14N2O2/c16-13(17)7-6-11-9-14-12(15-11)8-10-4-2-1-3-5-10/h1-5,9H,6-8H2,(H,14,15)(H,16,17). The minimum Gasteiger partial charge on any atom is -0.481 e. The van der Waals surface area contributed by atoms with Crippen molar-refractivity contribution in [2.24, 2.45) is 0 Å². The minimum atomic E-state index is -0.788. The Bertz CT molecular complexity index is 491. The Kier molecular flexibility index (Phi) is 3.55. The van der Waals surface area contributed by atoms with Gasteiger partial charge < -0.3 is 10.1 Å². The zero-order chi connectivity index (χ0) is 12.1. The summed E-state index contributed by atoms with van der Waals surface area (Å²) in [4.78, 5) is 17.8. The first-order chi connectivity index (χ1) is 8.24. The Morgan fingerprint density at radius 2 is 2.06 bits per heavy atom. The fourth-order valence-electron chi connectivity index (χ4n) is 1.65. The number of nitrogens with zero attached hydrogens (tertiary/aromatic N) is 1. The van der Waals surface area contributed by atoms with E-state index in [1.165, 1.54) is 5.56 Å².